The lowest BCUT2D eigenvalue weighted by Crippen LogP contribution is -2.72. The van der Waals surface area contributed by atoms with Crippen LogP contribution in [0.1, 0.15) is 161 Å². The van der Waals surface area contributed by atoms with Gasteiger partial charge in [-0.15, -0.1) is 0 Å². The second kappa shape index (κ2) is 17.3. The molecule has 0 amide bonds. The maximum Gasteiger partial charge on any atom is 0.303 e. The highest BCUT2D eigenvalue weighted by Gasteiger charge is 2.75. The van der Waals surface area contributed by atoms with Crippen LogP contribution in [0.15, 0.2) is 0 Å². The first-order valence-corrected chi connectivity index (χ1v) is 22.3. The molecule has 0 N–H and O–H groups in total. The maximum absolute atomic E-state index is 13.0. The van der Waals surface area contributed by atoms with E-state index in [2.05, 4.69) is 48.5 Å². The Labute approximate surface area is 352 Å². The normalized spacial score (nSPS) is 38.9. The Kier molecular flexibility index (Phi) is 13.7. The second-order valence-electron chi connectivity index (χ2n) is 21.0. The van der Waals surface area contributed by atoms with Crippen molar-refractivity contribution in [1.82, 2.24) is 0 Å². The zero-order valence-corrected chi connectivity index (χ0v) is 38.2. The van der Waals surface area contributed by atoms with Crippen molar-refractivity contribution >= 4 is 35.8 Å². The molecule has 15 atom stereocenters. The summed E-state index contributed by atoms with van der Waals surface area (Å²) < 4.78 is 35.0. The molecule has 0 aromatic rings. The number of hydrogen-bond donors (Lipinski definition) is 0. The molecule has 12 heteroatoms. The standard InChI is InChI=1S/C47H74O12/c1-26(15-16-35(55-28(3)49)40(59-32(7)53)38(58-31(6)52)25-54-27(2)48)33-17-21-44(10)34(33)18-22-46(12)39(44)23-36(56-29(4)50)42-45(11)20-14-19-43(8,9)41(45)37(57-30(5)51)24-47(42,46)13/h26,33-42H,14-25H2,1-13H3. The zero-order valence-electron chi connectivity index (χ0n) is 38.2. The van der Waals surface area contributed by atoms with Crippen LogP contribution in [0.5, 0.6) is 0 Å². The third-order valence-corrected chi connectivity index (χ3v) is 16.9. The van der Waals surface area contributed by atoms with Crippen molar-refractivity contribution in [1.29, 1.82) is 0 Å². The van der Waals surface area contributed by atoms with E-state index in [1.54, 1.807) is 6.92 Å². The van der Waals surface area contributed by atoms with Crippen LogP contribution in [0.2, 0.25) is 0 Å². The molecule has 15 unspecified atom stereocenters. The van der Waals surface area contributed by atoms with E-state index in [-0.39, 0.29) is 81.5 Å². The van der Waals surface area contributed by atoms with Gasteiger partial charge < -0.3 is 28.4 Å². The first-order valence-electron chi connectivity index (χ1n) is 22.3. The van der Waals surface area contributed by atoms with E-state index in [0.717, 1.165) is 57.8 Å². The van der Waals surface area contributed by atoms with Crippen LogP contribution >= 0.6 is 0 Å². The highest BCUT2D eigenvalue weighted by molar-refractivity contribution is 5.69. The fraction of sp³-hybridized carbons (Fsp3) is 0.872. The lowest BCUT2D eigenvalue weighted by atomic mass is 9.31. The SMILES string of the molecule is CC(=O)OCC(OC(C)=O)C(OC(C)=O)C(CCC(C)C1CCC2(C)C1CCC1(C)C2CC(OC(C)=O)C2C3(C)CCCC(C)(C)C3C(OC(C)=O)CC21C)OC(C)=O. The van der Waals surface area contributed by atoms with Crippen molar-refractivity contribution < 1.29 is 57.2 Å². The number of carbonyl (C=O) groups excluding carboxylic acids is 6. The van der Waals surface area contributed by atoms with Crippen LogP contribution in [-0.4, -0.2) is 72.9 Å². The number of fused-ring (bicyclic) bond motifs is 7. The third kappa shape index (κ3) is 8.94. The van der Waals surface area contributed by atoms with E-state index in [1.807, 2.05) is 0 Å². The summed E-state index contributed by atoms with van der Waals surface area (Å²) in [4.78, 5) is 74.6. The summed E-state index contributed by atoms with van der Waals surface area (Å²) in [5.74, 6) is -1.47. The molecular formula is C47H74O12. The highest BCUT2D eigenvalue weighted by Crippen LogP contribution is 2.78. The Balaban J connectivity index is 1.45. The molecule has 59 heavy (non-hydrogen) atoms. The van der Waals surface area contributed by atoms with Crippen LogP contribution in [-0.2, 0) is 57.2 Å². The van der Waals surface area contributed by atoms with Gasteiger partial charge in [0.1, 0.15) is 24.9 Å². The summed E-state index contributed by atoms with van der Waals surface area (Å²) in [5, 5.41) is 0. The first kappa shape index (κ1) is 46.9. The number of ether oxygens (including phenoxy) is 6. The number of rotatable bonds is 13. The molecule has 0 aromatic carbocycles. The van der Waals surface area contributed by atoms with Gasteiger partial charge in [0.15, 0.2) is 12.2 Å². The summed E-state index contributed by atoms with van der Waals surface area (Å²) in [5.41, 5.74) is -0.639. The highest BCUT2D eigenvalue weighted by atomic mass is 16.6. The second-order valence-corrected chi connectivity index (χ2v) is 21.0. The van der Waals surface area contributed by atoms with Crippen molar-refractivity contribution in [3.8, 4) is 0 Å². The summed E-state index contributed by atoms with van der Waals surface area (Å²) in [6.07, 6.45) is 6.02. The van der Waals surface area contributed by atoms with Gasteiger partial charge in [-0.2, -0.15) is 0 Å². The van der Waals surface area contributed by atoms with E-state index in [1.165, 1.54) is 34.6 Å². The summed E-state index contributed by atoms with van der Waals surface area (Å²) in [6, 6.07) is 0. The summed E-state index contributed by atoms with van der Waals surface area (Å²) in [6.45, 7) is 24.4. The quantitative estimate of drug-likeness (QED) is 0.129. The molecule has 0 radical (unpaired) electrons. The molecule has 0 heterocycles. The van der Waals surface area contributed by atoms with Crippen molar-refractivity contribution in [2.45, 2.75) is 191 Å². The maximum atomic E-state index is 13.0. The largest absolute Gasteiger partial charge is 0.462 e. The predicted molar refractivity (Wildman–Crippen MR) is 218 cm³/mol. The van der Waals surface area contributed by atoms with Gasteiger partial charge in [0, 0.05) is 53.4 Å². The van der Waals surface area contributed by atoms with E-state index in [9.17, 15) is 28.8 Å². The van der Waals surface area contributed by atoms with Crippen LogP contribution in [0.25, 0.3) is 0 Å². The van der Waals surface area contributed by atoms with Gasteiger partial charge in [-0.25, -0.2) is 0 Å². The molecule has 0 spiro atoms. The van der Waals surface area contributed by atoms with Gasteiger partial charge in [0.2, 0.25) is 0 Å². The first-order chi connectivity index (χ1) is 27.3. The minimum atomic E-state index is -1.19. The van der Waals surface area contributed by atoms with Gasteiger partial charge in [0.25, 0.3) is 0 Å². The van der Waals surface area contributed by atoms with Gasteiger partial charge in [-0.3, -0.25) is 28.8 Å². The van der Waals surface area contributed by atoms with Crippen LogP contribution < -0.4 is 0 Å². The number of hydrogen-bond acceptors (Lipinski definition) is 12. The molecule has 0 saturated heterocycles. The molecule has 0 aliphatic heterocycles. The molecule has 0 aromatic heterocycles. The molecule has 0 bridgehead atoms. The molecule has 5 aliphatic carbocycles. The molecular weight excluding hydrogens is 757 g/mol. The summed E-state index contributed by atoms with van der Waals surface area (Å²) >= 11 is 0. The van der Waals surface area contributed by atoms with Gasteiger partial charge in [-0.1, -0.05) is 54.9 Å². The third-order valence-electron chi connectivity index (χ3n) is 16.9. The Morgan fingerprint density at radius 3 is 1.76 bits per heavy atom. The molecule has 5 fully saturated rings. The van der Waals surface area contributed by atoms with E-state index >= 15 is 0 Å². The van der Waals surface area contributed by atoms with Gasteiger partial charge in [-0.05, 0) is 115 Å². The molecule has 5 aliphatic rings. The Morgan fingerprint density at radius 2 is 1.19 bits per heavy atom. The predicted octanol–water partition coefficient (Wildman–Crippen LogP) is 8.34. The lowest BCUT2D eigenvalue weighted by Gasteiger charge is -2.74. The Bertz CT molecular complexity index is 1620. The summed E-state index contributed by atoms with van der Waals surface area (Å²) in [7, 11) is 0. The van der Waals surface area contributed by atoms with E-state index in [0.29, 0.717) is 24.7 Å². The molecule has 5 rings (SSSR count). The average molecular weight is 831 g/mol. The van der Waals surface area contributed by atoms with Crippen molar-refractivity contribution in [3.63, 3.8) is 0 Å². The average Bonchev–Trinajstić information content (AvgIpc) is 3.43. The number of esters is 6. The minimum absolute atomic E-state index is 0.0399. The van der Waals surface area contributed by atoms with Crippen LogP contribution in [0.4, 0.5) is 0 Å². The van der Waals surface area contributed by atoms with E-state index < -0.39 is 42.2 Å². The lowest BCUT2D eigenvalue weighted by molar-refractivity contribution is -0.297. The number of carbonyl (C=O) groups is 6. The fourth-order valence-corrected chi connectivity index (χ4v) is 15.2. The Hall–Kier alpha value is -3.18. The van der Waals surface area contributed by atoms with Gasteiger partial charge in [0.05, 0.1) is 0 Å². The molecule has 5 saturated carbocycles. The van der Waals surface area contributed by atoms with E-state index in [4.69, 9.17) is 28.4 Å². The smallest absolute Gasteiger partial charge is 0.303 e. The molecule has 334 valence electrons. The Morgan fingerprint density at radius 1 is 0.593 bits per heavy atom. The van der Waals surface area contributed by atoms with Crippen LogP contribution in [0.3, 0.4) is 0 Å². The monoisotopic (exact) mass is 831 g/mol. The van der Waals surface area contributed by atoms with Crippen LogP contribution in [0, 0.1) is 62.6 Å². The molecule has 12 nitrogen and oxygen atoms in total. The topological polar surface area (TPSA) is 158 Å². The van der Waals surface area contributed by atoms with Crippen molar-refractivity contribution in [2.75, 3.05) is 6.61 Å². The van der Waals surface area contributed by atoms with Crippen molar-refractivity contribution in [3.05, 3.63) is 0 Å². The fourth-order valence-electron chi connectivity index (χ4n) is 15.2. The van der Waals surface area contributed by atoms with Crippen molar-refractivity contribution in [2.24, 2.45) is 62.6 Å². The zero-order chi connectivity index (χ0) is 44.0. The van der Waals surface area contributed by atoms with Gasteiger partial charge >= 0.3 is 35.8 Å². The minimum Gasteiger partial charge on any atom is -0.462 e.